The minimum absolute atomic E-state index is 0.0327. The zero-order chi connectivity index (χ0) is 24.7. The van der Waals surface area contributed by atoms with Crippen molar-refractivity contribution in [2.24, 2.45) is 0 Å². The van der Waals surface area contributed by atoms with Crippen molar-refractivity contribution in [2.75, 3.05) is 11.5 Å². The first-order chi connectivity index (χ1) is 16.7. The summed E-state index contributed by atoms with van der Waals surface area (Å²) in [5, 5.41) is 7.59. The Labute approximate surface area is 204 Å². The monoisotopic (exact) mass is 516 g/mol. The number of nitrogens with zero attached hydrogens (tertiary/aromatic N) is 3. The first-order valence-electron chi connectivity index (χ1n) is 10.7. The number of sulfone groups is 1. The van der Waals surface area contributed by atoms with Crippen LogP contribution in [0, 0.1) is 0 Å². The van der Waals surface area contributed by atoms with E-state index in [1.54, 1.807) is 36.5 Å². The largest absolute Gasteiger partial charge is 0.348 e. The molecule has 180 valence electrons. The Morgan fingerprint density at radius 3 is 2.49 bits per heavy atom. The molecule has 1 aliphatic rings. The number of aromatic nitrogens is 3. The maximum atomic E-state index is 13.1. The van der Waals surface area contributed by atoms with Gasteiger partial charge in [0.25, 0.3) is 12.3 Å². The van der Waals surface area contributed by atoms with Crippen LogP contribution in [-0.4, -0.2) is 46.5 Å². The minimum Gasteiger partial charge on any atom is -0.348 e. The van der Waals surface area contributed by atoms with Crippen molar-refractivity contribution < 1.29 is 22.0 Å². The molecule has 0 unspecified atom stereocenters. The zero-order valence-electron chi connectivity index (χ0n) is 18.2. The van der Waals surface area contributed by atoms with Crippen molar-refractivity contribution in [3.63, 3.8) is 0 Å². The summed E-state index contributed by atoms with van der Waals surface area (Å²) in [6.07, 6.45) is 0.655. The molecule has 3 heterocycles. The van der Waals surface area contributed by atoms with Crippen LogP contribution in [0.5, 0.6) is 0 Å². The maximum Gasteiger partial charge on any atom is 0.263 e. The Morgan fingerprint density at radius 2 is 1.83 bits per heavy atom. The Morgan fingerprint density at radius 1 is 1.09 bits per heavy atom. The molecule has 1 fully saturated rings. The average Bonchev–Trinajstić information content (AvgIpc) is 3.41. The zero-order valence-corrected chi connectivity index (χ0v) is 19.7. The predicted molar refractivity (Wildman–Crippen MR) is 128 cm³/mol. The SMILES string of the molecule is O=C(N[C@H]1CCS(=O)(=O)C1)c1cnn2c(-c3ccc(C(F)F)cc3)c(-c3ccccc3Cl)cnc12. The third-order valence-corrected chi connectivity index (χ3v) is 8.04. The van der Waals surface area contributed by atoms with Gasteiger partial charge in [-0.2, -0.15) is 5.10 Å². The number of hydrogen-bond acceptors (Lipinski definition) is 5. The molecule has 1 atom stereocenters. The molecule has 5 rings (SSSR count). The molecule has 1 saturated heterocycles. The molecule has 11 heteroatoms. The number of carbonyl (C=O) groups is 1. The van der Waals surface area contributed by atoms with Gasteiger partial charge < -0.3 is 5.32 Å². The van der Waals surface area contributed by atoms with Gasteiger partial charge in [-0.05, 0) is 12.5 Å². The van der Waals surface area contributed by atoms with Crippen molar-refractivity contribution in [1.29, 1.82) is 0 Å². The second kappa shape index (κ2) is 9.01. The molecule has 4 aromatic rings. The van der Waals surface area contributed by atoms with Crippen LogP contribution in [0.2, 0.25) is 5.02 Å². The van der Waals surface area contributed by atoms with Gasteiger partial charge in [-0.1, -0.05) is 54.1 Å². The summed E-state index contributed by atoms with van der Waals surface area (Å²) >= 11 is 6.44. The number of benzene rings is 2. The van der Waals surface area contributed by atoms with Gasteiger partial charge in [0.05, 0.1) is 23.4 Å². The first kappa shape index (κ1) is 23.4. The number of carbonyl (C=O) groups excluding carboxylic acids is 1. The van der Waals surface area contributed by atoms with Crippen LogP contribution < -0.4 is 5.32 Å². The van der Waals surface area contributed by atoms with Crippen LogP contribution in [0.1, 0.15) is 28.8 Å². The summed E-state index contributed by atoms with van der Waals surface area (Å²) in [4.78, 5) is 17.4. The van der Waals surface area contributed by atoms with Gasteiger partial charge in [0.2, 0.25) is 0 Å². The van der Waals surface area contributed by atoms with E-state index in [1.165, 1.54) is 22.8 Å². The standard InChI is InChI=1S/C24H19ClF2N4O3S/c25-20-4-2-1-3-17(20)18-11-28-23-19(24(32)30-16-9-10-35(33,34)13-16)12-29-31(23)21(18)14-5-7-15(8-6-14)22(26)27/h1-8,11-12,16,22H,9-10,13H2,(H,30,32)/t16-/m0/s1. The summed E-state index contributed by atoms with van der Waals surface area (Å²) in [7, 11) is -3.16. The molecule has 1 N–H and O–H groups in total. The van der Waals surface area contributed by atoms with Gasteiger partial charge in [-0.25, -0.2) is 26.7 Å². The lowest BCUT2D eigenvalue weighted by Crippen LogP contribution is -2.35. The van der Waals surface area contributed by atoms with E-state index in [0.29, 0.717) is 33.8 Å². The van der Waals surface area contributed by atoms with E-state index in [-0.39, 0.29) is 28.3 Å². The molecule has 0 saturated carbocycles. The Balaban J connectivity index is 1.63. The van der Waals surface area contributed by atoms with Gasteiger partial charge in [0, 0.05) is 39.5 Å². The molecule has 1 aliphatic heterocycles. The lowest BCUT2D eigenvalue weighted by molar-refractivity contribution is 0.0942. The lowest BCUT2D eigenvalue weighted by atomic mass is 9.99. The van der Waals surface area contributed by atoms with E-state index in [1.807, 2.05) is 6.07 Å². The van der Waals surface area contributed by atoms with Crippen LogP contribution in [0.25, 0.3) is 28.0 Å². The molecule has 1 amide bonds. The lowest BCUT2D eigenvalue weighted by Gasteiger charge is -2.14. The maximum absolute atomic E-state index is 13.1. The Bertz CT molecular complexity index is 1540. The van der Waals surface area contributed by atoms with E-state index in [4.69, 9.17) is 11.6 Å². The highest BCUT2D eigenvalue weighted by Gasteiger charge is 2.30. The van der Waals surface area contributed by atoms with Gasteiger partial charge in [0.1, 0.15) is 5.56 Å². The van der Waals surface area contributed by atoms with Gasteiger partial charge >= 0.3 is 0 Å². The average molecular weight is 517 g/mol. The van der Waals surface area contributed by atoms with E-state index in [0.717, 1.165) is 0 Å². The fourth-order valence-corrected chi connectivity index (χ4v) is 6.11. The van der Waals surface area contributed by atoms with Crippen LogP contribution in [-0.2, 0) is 9.84 Å². The van der Waals surface area contributed by atoms with Gasteiger partial charge in [0.15, 0.2) is 15.5 Å². The molecule has 2 aromatic heterocycles. The van der Waals surface area contributed by atoms with Gasteiger partial charge in [-0.15, -0.1) is 0 Å². The van der Waals surface area contributed by atoms with E-state index < -0.39 is 28.2 Å². The van der Waals surface area contributed by atoms with Crippen LogP contribution in [0.15, 0.2) is 60.9 Å². The Hall–Kier alpha value is -3.37. The number of amides is 1. The van der Waals surface area contributed by atoms with Crippen molar-refractivity contribution in [3.05, 3.63) is 77.1 Å². The highest BCUT2D eigenvalue weighted by atomic mass is 35.5. The fraction of sp³-hybridized carbons (Fsp3) is 0.208. The molecule has 7 nitrogen and oxygen atoms in total. The summed E-state index contributed by atoms with van der Waals surface area (Å²) < 4.78 is 51.2. The number of hydrogen-bond donors (Lipinski definition) is 1. The Kier molecular flexibility index (Phi) is 6.02. The van der Waals surface area contributed by atoms with Crippen molar-refractivity contribution in [3.8, 4) is 22.4 Å². The normalized spacial score (nSPS) is 17.2. The molecule has 2 aromatic carbocycles. The second-order valence-corrected chi connectivity index (χ2v) is 10.9. The molecule has 0 aliphatic carbocycles. The number of nitrogens with one attached hydrogen (secondary N) is 1. The third-order valence-electron chi connectivity index (χ3n) is 5.94. The van der Waals surface area contributed by atoms with Gasteiger partial charge in [-0.3, -0.25) is 4.79 Å². The summed E-state index contributed by atoms with van der Waals surface area (Å²) in [5.41, 5.74) is 2.65. The first-order valence-corrected chi connectivity index (χ1v) is 12.9. The predicted octanol–water partition coefficient (Wildman–Crippen LogP) is 4.57. The van der Waals surface area contributed by atoms with Crippen LogP contribution >= 0.6 is 11.6 Å². The number of rotatable bonds is 5. The topological polar surface area (TPSA) is 93.4 Å². The fourth-order valence-electron chi connectivity index (χ4n) is 4.20. The molecular formula is C24H19ClF2N4O3S. The number of halogens is 3. The quantitative estimate of drug-likeness (QED) is 0.419. The van der Waals surface area contributed by atoms with Crippen LogP contribution in [0.4, 0.5) is 8.78 Å². The van der Waals surface area contributed by atoms with E-state index in [2.05, 4.69) is 15.4 Å². The van der Waals surface area contributed by atoms with E-state index in [9.17, 15) is 22.0 Å². The second-order valence-electron chi connectivity index (χ2n) is 8.29. The number of alkyl halides is 2. The summed E-state index contributed by atoms with van der Waals surface area (Å²) in [6, 6.07) is 12.4. The number of fused-ring (bicyclic) bond motifs is 1. The van der Waals surface area contributed by atoms with Crippen LogP contribution in [0.3, 0.4) is 0 Å². The summed E-state index contributed by atoms with van der Waals surface area (Å²) in [6.45, 7) is 0. The highest BCUT2D eigenvalue weighted by Crippen LogP contribution is 2.36. The molecule has 0 spiro atoms. The molecule has 0 bridgehead atoms. The molecular weight excluding hydrogens is 498 g/mol. The third kappa shape index (κ3) is 4.51. The highest BCUT2D eigenvalue weighted by molar-refractivity contribution is 7.91. The van der Waals surface area contributed by atoms with E-state index >= 15 is 0 Å². The van der Waals surface area contributed by atoms with Crippen molar-refractivity contribution in [1.82, 2.24) is 19.9 Å². The minimum atomic E-state index is -3.16. The smallest absolute Gasteiger partial charge is 0.263 e. The van der Waals surface area contributed by atoms with Crippen molar-refractivity contribution in [2.45, 2.75) is 18.9 Å². The van der Waals surface area contributed by atoms with Crippen molar-refractivity contribution >= 4 is 33.0 Å². The summed E-state index contributed by atoms with van der Waals surface area (Å²) in [5.74, 6) is -0.562. The molecule has 0 radical (unpaired) electrons. The molecule has 35 heavy (non-hydrogen) atoms.